The summed E-state index contributed by atoms with van der Waals surface area (Å²) in [5.74, 6) is -1.23. The van der Waals surface area contributed by atoms with Gasteiger partial charge in [0.2, 0.25) is 0 Å². The highest BCUT2D eigenvalue weighted by molar-refractivity contribution is 5.94. The number of carbonyl (C=O) groups is 1. The van der Waals surface area contributed by atoms with Gasteiger partial charge < -0.3 is 20.3 Å². The first-order chi connectivity index (χ1) is 8.50. The van der Waals surface area contributed by atoms with Gasteiger partial charge in [0.25, 0.3) is 12.3 Å². The summed E-state index contributed by atoms with van der Waals surface area (Å²) in [4.78, 5) is 11.5. The normalized spacial score (nSPS) is 10.6. The number of ether oxygens (including phenoxy) is 1. The first-order valence-corrected chi connectivity index (χ1v) is 5.16. The summed E-state index contributed by atoms with van der Waals surface area (Å²) < 4.78 is 28.0. The zero-order chi connectivity index (χ0) is 13.5. The maximum absolute atomic E-state index is 11.7. The van der Waals surface area contributed by atoms with Crippen LogP contribution in [-0.4, -0.2) is 42.3 Å². The van der Waals surface area contributed by atoms with Crippen molar-refractivity contribution in [2.24, 2.45) is 0 Å². The summed E-state index contributed by atoms with van der Waals surface area (Å²) in [6.45, 7) is -0.622. The molecule has 1 aromatic carbocycles. The van der Waals surface area contributed by atoms with E-state index in [1.807, 2.05) is 0 Å². The Hall–Kier alpha value is -1.89. The van der Waals surface area contributed by atoms with E-state index < -0.39 is 24.7 Å². The van der Waals surface area contributed by atoms with Crippen LogP contribution in [0.4, 0.5) is 8.78 Å². The number of rotatable bonds is 6. The van der Waals surface area contributed by atoms with Crippen LogP contribution in [0.25, 0.3) is 0 Å². The van der Waals surface area contributed by atoms with Crippen LogP contribution in [0.5, 0.6) is 11.5 Å². The van der Waals surface area contributed by atoms with Crippen molar-refractivity contribution in [3.8, 4) is 11.5 Å². The molecule has 0 aromatic heterocycles. The van der Waals surface area contributed by atoms with E-state index >= 15 is 0 Å². The molecular formula is C11H13F2NO4. The third-order valence-electron chi connectivity index (χ3n) is 2.01. The van der Waals surface area contributed by atoms with Crippen molar-refractivity contribution in [2.45, 2.75) is 6.43 Å². The van der Waals surface area contributed by atoms with Crippen molar-refractivity contribution in [2.75, 3.05) is 19.8 Å². The van der Waals surface area contributed by atoms with Gasteiger partial charge in [-0.25, -0.2) is 8.78 Å². The smallest absolute Gasteiger partial charge is 0.261 e. The Morgan fingerprint density at radius 1 is 1.33 bits per heavy atom. The van der Waals surface area contributed by atoms with Crippen LogP contribution in [0, 0.1) is 0 Å². The van der Waals surface area contributed by atoms with E-state index in [1.54, 1.807) is 0 Å². The van der Waals surface area contributed by atoms with Gasteiger partial charge in [-0.1, -0.05) is 0 Å². The molecule has 0 saturated carbocycles. The number of benzene rings is 1. The Morgan fingerprint density at radius 3 is 2.67 bits per heavy atom. The summed E-state index contributed by atoms with van der Waals surface area (Å²) in [5.41, 5.74) is 0.152. The van der Waals surface area contributed by atoms with Crippen molar-refractivity contribution in [3.05, 3.63) is 23.8 Å². The number of aromatic hydroxyl groups is 2. The lowest BCUT2D eigenvalue weighted by molar-refractivity contribution is 0.0188. The highest BCUT2D eigenvalue weighted by Gasteiger charge is 2.08. The largest absolute Gasteiger partial charge is 0.504 e. The van der Waals surface area contributed by atoms with Crippen LogP contribution in [0.15, 0.2) is 18.2 Å². The van der Waals surface area contributed by atoms with Crippen LogP contribution in [0.2, 0.25) is 0 Å². The first kappa shape index (κ1) is 14.2. The number of carbonyl (C=O) groups excluding carboxylic acids is 1. The minimum absolute atomic E-state index is 0.0276. The fourth-order valence-electron chi connectivity index (χ4n) is 1.18. The molecule has 0 radical (unpaired) electrons. The van der Waals surface area contributed by atoms with E-state index in [-0.39, 0.29) is 24.5 Å². The van der Waals surface area contributed by atoms with Crippen LogP contribution in [-0.2, 0) is 4.74 Å². The number of phenols is 2. The van der Waals surface area contributed by atoms with Gasteiger partial charge in [-0.3, -0.25) is 4.79 Å². The van der Waals surface area contributed by atoms with Gasteiger partial charge in [-0.15, -0.1) is 0 Å². The first-order valence-electron chi connectivity index (χ1n) is 5.16. The molecule has 0 aliphatic heterocycles. The van der Waals surface area contributed by atoms with Crippen LogP contribution in [0.3, 0.4) is 0 Å². The van der Waals surface area contributed by atoms with E-state index in [9.17, 15) is 18.7 Å². The van der Waals surface area contributed by atoms with Gasteiger partial charge in [-0.2, -0.15) is 0 Å². The second-order valence-corrected chi connectivity index (χ2v) is 3.43. The maximum Gasteiger partial charge on any atom is 0.261 e. The zero-order valence-corrected chi connectivity index (χ0v) is 9.40. The van der Waals surface area contributed by atoms with Gasteiger partial charge in [0, 0.05) is 12.1 Å². The fourth-order valence-corrected chi connectivity index (χ4v) is 1.18. The Balaban J connectivity index is 2.34. The average molecular weight is 261 g/mol. The standard InChI is InChI=1S/C11H13F2NO4/c12-10(13)6-18-4-3-14-11(17)7-1-2-8(15)9(16)5-7/h1-2,5,10,15-16H,3-4,6H2,(H,14,17). The molecule has 1 rings (SSSR count). The second kappa shape index (κ2) is 6.75. The SMILES string of the molecule is O=C(NCCOCC(F)F)c1ccc(O)c(O)c1. The number of alkyl halides is 2. The number of phenolic OH excluding ortho intramolecular Hbond substituents is 2. The lowest BCUT2D eigenvalue weighted by atomic mass is 10.2. The highest BCUT2D eigenvalue weighted by atomic mass is 19.3. The molecule has 18 heavy (non-hydrogen) atoms. The average Bonchev–Trinajstić information content (AvgIpc) is 2.31. The van der Waals surface area contributed by atoms with E-state index in [0.717, 1.165) is 6.07 Å². The topological polar surface area (TPSA) is 78.8 Å². The van der Waals surface area contributed by atoms with Crippen molar-refractivity contribution in [3.63, 3.8) is 0 Å². The quantitative estimate of drug-likeness (QED) is 0.529. The Labute approximate surface area is 102 Å². The zero-order valence-electron chi connectivity index (χ0n) is 9.40. The molecule has 0 heterocycles. The maximum atomic E-state index is 11.7. The molecule has 0 aliphatic carbocycles. The van der Waals surface area contributed by atoms with Gasteiger partial charge >= 0.3 is 0 Å². The molecule has 1 amide bonds. The number of nitrogens with one attached hydrogen (secondary N) is 1. The predicted molar refractivity (Wildman–Crippen MR) is 58.9 cm³/mol. The van der Waals surface area contributed by atoms with E-state index in [0.29, 0.717) is 0 Å². The lowest BCUT2D eigenvalue weighted by Crippen LogP contribution is -2.27. The van der Waals surface area contributed by atoms with E-state index in [1.165, 1.54) is 12.1 Å². The van der Waals surface area contributed by atoms with Crippen LogP contribution >= 0.6 is 0 Å². The number of hydrogen-bond donors (Lipinski definition) is 3. The summed E-state index contributed by atoms with van der Waals surface area (Å²) in [6.07, 6.45) is -2.53. The van der Waals surface area contributed by atoms with Crippen LogP contribution < -0.4 is 5.32 Å². The lowest BCUT2D eigenvalue weighted by Gasteiger charge is -2.07. The summed E-state index contributed by atoms with van der Waals surface area (Å²) in [7, 11) is 0. The molecule has 0 aliphatic rings. The molecule has 0 spiro atoms. The Kier molecular flexibility index (Phi) is 5.31. The van der Waals surface area contributed by atoms with Crippen molar-refractivity contribution < 1.29 is 28.5 Å². The number of amides is 1. The molecule has 3 N–H and O–H groups in total. The monoisotopic (exact) mass is 261 g/mol. The molecule has 0 bridgehead atoms. The van der Waals surface area contributed by atoms with Gasteiger partial charge in [0.05, 0.1) is 6.61 Å². The van der Waals surface area contributed by atoms with E-state index in [4.69, 9.17) is 5.11 Å². The van der Waals surface area contributed by atoms with Crippen LogP contribution in [0.1, 0.15) is 10.4 Å². The summed E-state index contributed by atoms with van der Waals surface area (Å²) in [5, 5.41) is 20.7. The number of hydrogen-bond acceptors (Lipinski definition) is 4. The van der Waals surface area contributed by atoms with Crippen molar-refractivity contribution in [1.29, 1.82) is 0 Å². The van der Waals surface area contributed by atoms with Crippen molar-refractivity contribution >= 4 is 5.91 Å². The Bertz CT molecular complexity index is 412. The third-order valence-corrected chi connectivity index (χ3v) is 2.01. The molecule has 0 atom stereocenters. The Morgan fingerprint density at radius 2 is 2.06 bits per heavy atom. The molecule has 0 fully saturated rings. The second-order valence-electron chi connectivity index (χ2n) is 3.43. The minimum atomic E-state index is -2.53. The van der Waals surface area contributed by atoms with Gasteiger partial charge in [0.1, 0.15) is 6.61 Å². The number of halogens is 2. The van der Waals surface area contributed by atoms with Crippen molar-refractivity contribution in [1.82, 2.24) is 5.32 Å². The molecule has 7 heteroatoms. The van der Waals surface area contributed by atoms with E-state index in [2.05, 4.69) is 10.1 Å². The molecule has 0 unspecified atom stereocenters. The summed E-state index contributed by atoms with van der Waals surface area (Å²) >= 11 is 0. The predicted octanol–water partition coefficient (Wildman–Crippen LogP) is 1.11. The van der Waals surface area contributed by atoms with Gasteiger partial charge in [0.15, 0.2) is 11.5 Å². The molecular weight excluding hydrogens is 248 g/mol. The molecule has 0 saturated heterocycles. The third kappa shape index (κ3) is 4.54. The minimum Gasteiger partial charge on any atom is -0.504 e. The molecule has 100 valence electrons. The highest BCUT2D eigenvalue weighted by Crippen LogP contribution is 2.24. The summed E-state index contributed by atoms with van der Waals surface area (Å²) in [6, 6.07) is 3.60. The molecule has 1 aromatic rings. The fraction of sp³-hybridized carbons (Fsp3) is 0.364. The van der Waals surface area contributed by atoms with Gasteiger partial charge in [-0.05, 0) is 18.2 Å². The molecule has 5 nitrogen and oxygen atoms in total.